The lowest BCUT2D eigenvalue weighted by atomic mass is 10.2. The molecule has 1 aliphatic heterocycles. The molecule has 0 amide bonds. The first kappa shape index (κ1) is 11.0. The van der Waals surface area contributed by atoms with Gasteiger partial charge in [0.15, 0.2) is 5.78 Å². The number of carbonyl (C=O) groups excluding carboxylic acids is 1. The van der Waals surface area contributed by atoms with Crippen molar-refractivity contribution in [1.82, 2.24) is 0 Å². The lowest BCUT2D eigenvalue weighted by Crippen LogP contribution is -2.19. The number of β-amino-alcohol motifs (C(OH)–C–C–N with tert-alkyl or cyclic N) is 1. The van der Waals surface area contributed by atoms with E-state index >= 15 is 0 Å². The van der Waals surface area contributed by atoms with Crippen LogP contribution in [0.15, 0.2) is 6.07 Å². The van der Waals surface area contributed by atoms with Gasteiger partial charge in [-0.25, -0.2) is 0 Å². The Morgan fingerprint density at radius 3 is 2.82 bits per heavy atom. The van der Waals surface area contributed by atoms with E-state index in [2.05, 4.69) is 4.90 Å². The first-order chi connectivity index (χ1) is 8.15. The summed E-state index contributed by atoms with van der Waals surface area (Å²) in [6.45, 7) is 1.50. The highest BCUT2D eigenvalue weighted by Gasteiger charge is 2.33. The van der Waals surface area contributed by atoms with Crippen LogP contribution in [0.3, 0.4) is 0 Å². The minimum Gasteiger partial charge on any atom is -0.397 e. The van der Waals surface area contributed by atoms with Gasteiger partial charge in [-0.2, -0.15) is 0 Å². The van der Waals surface area contributed by atoms with E-state index in [-0.39, 0.29) is 17.8 Å². The minimum atomic E-state index is -0.249. The number of rotatable bonds is 3. The van der Waals surface area contributed by atoms with Crippen molar-refractivity contribution in [3.05, 3.63) is 10.9 Å². The molecule has 4 nitrogen and oxygen atoms in total. The molecule has 1 aliphatic carbocycles. The molecule has 0 spiro atoms. The fourth-order valence-corrected chi connectivity index (χ4v) is 3.35. The molecule has 0 radical (unpaired) electrons. The average Bonchev–Trinajstić information content (AvgIpc) is 2.95. The molecule has 1 saturated heterocycles. The van der Waals surface area contributed by atoms with Crippen molar-refractivity contribution < 1.29 is 9.90 Å². The number of hydrogen-bond acceptors (Lipinski definition) is 5. The number of carbonyl (C=O) groups is 1. The Kier molecular flexibility index (Phi) is 2.60. The Hall–Kier alpha value is -1.07. The zero-order valence-corrected chi connectivity index (χ0v) is 10.4. The maximum absolute atomic E-state index is 12.0. The Bertz CT molecular complexity index is 453. The molecule has 3 N–H and O–H groups in total. The molecule has 17 heavy (non-hydrogen) atoms. The third-order valence-electron chi connectivity index (χ3n) is 3.39. The lowest BCUT2D eigenvalue weighted by molar-refractivity contribution is 0.0972. The van der Waals surface area contributed by atoms with Crippen LogP contribution in [0.5, 0.6) is 0 Å². The van der Waals surface area contributed by atoms with E-state index in [4.69, 9.17) is 5.73 Å². The summed E-state index contributed by atoms with van der Waals surface area (Å²) in [4.78, 5) is 14.8. The van der Waals surface area contributed by atoms with E-state index in [9.17, 15) is 9.90 Å². The van der Waals surface area contributed by atoms with Crippen LogP contribution in [-0.2, 0) is 0 Å². The molecular formula is C12H16N2O2S. The SMILES string of the molecule is Nc1cc(N2CCC(O)C2)sc1C(=O)C1CC1. The van der Waals surface area contributed by atoms with Crippen LogP contribution in [0.1, 0.15) is 28.9 Å². The summed E-state index contributed by atoms with van der Waals surface area (Å²) in [7, 11) is 0. The number of anilines is 2. The van der Waals surface area contributed by atoms with Gasteiger partial charge in [-0.05, 0) is 25.3 Å². The van der Waals surface area contributed by atoms with Crippen molar-refractivity contribution in [2.24, 2.45) is 5.92 Å². The molecule has 1 aromatic heterocycles. The molecule has 1 atom stereocenters. The second-order valence-corrected chi connectivity index (χ2v) is 5.93. The largest absolute Gasteiger partial charge is 0.397 e. The Labute approximate surface area is 104 Å². The van der Waals surface area contributed by atoms with E-state index in [1.165, 1.54) is 11.3 Å². The average molecular weight is 252 g/mol. The van der Waals surface area contributed by atoms with Crippen LogP contribution in [0.4, 0.5) is 10.7 Å². The van der Waals surface area contributed by atoms with Crippen LogP contribution < -0.4 is 10.6 Å². The van der Waals surface area contributed by atoms with Gasteiger partial charge < -0.3 is 15.7 Å². The van der Waals surface area contributed by atoms with Gasteiger partial charge in [-0.15, -0.1) is 11.3 Å². The molecule has 2 aliphatic rings. The number of ketones is 1. The van der Waals surface area contributed by atoms with Gasteiger partial charge in [0.25, 0.3) is 0 Å². The summed E-state index contributed by atoms with van der Waals surface area (Å²) >= 11 is 1.48. The van der Waals surface area contributed by atoms with Gasteiger partial charge in [0.1, 0.15) is 0 Å². The zero-order valence-electron chi connectivity index (χ0n) is 9.56. The van der Waals surface area contributed by atoms with Gasteiger partial charge >= 0.3 is 0 Å². The predicted octanol–water partition coefficient (Wildman–Crippen LogP) is 1.49. The molecule has 1 saturated carbocycles. The number of nitrogens with two attached hydrogens (primary N) is 1. The molecule has 0 bridgehead atoms. The fourth-order valence-electron chi connectivity index (χ4n) is 2.21. The van der Waals surface area contributed by atoms with Crippen molar-refractivity contribution in [1.29, 1.82) is 0 Å². The number of aliphatic hydroxyl groups excluding tert-OH is 1. The molecule has 2 heterocycles. The molecule has 3 rings (SSSR count). The third kappa shape index (κ3) is 2.05. The maximum atomic E-state index is 12.0. The van der Waals surface area contributed by atoms with E-state index in [0.717, 1.165) is 30.8 Å². The number of nitrogens with zero attached hydrogens (tertiary/aromatic N) is 1. The van der Waals surface area contributed by atoms with E-state index in [0.29, 0.717) is 17.1 Å². The van der Waals surface area contributed by atoms with E-state index in [1.807, 2.05) is 6.07 Å². The summed E-state index contributed by atoms with van der Waals surface area (Å²) in [6.07, 6.45) is 2.56. The first-order valence-electron chi connectivity index (χ1n) is 6.01. The monoisotopic (exact) mass is 252 g/mol. The van der Waals surface area contributed by atoms with Crippen molar-refractivity contribution >= 4 is 27.8 Å². The zero-order chi connectivity index (χ0) is 12.0. The second-order valence-electron chi connectivity index (χ2n) is 4.90. The summed E-state index contributed by atoms with van der Waals surface area (Å²) in [5, 5.41) is 10.5. The summed E-state index contributed by atoms with van der Waals surface area (Å²) in [5.41, 5.74) is 6.51. The van der Waals surface area contributed by atoms with Crippen molar-refractivity contribution in [2.75, 3.05) is 23.7 Å². The Balaban J connectivity index is 1.82. The molecule has 5 heteroatoms. The maximum Gasteiger partial charge on any atom is 0.178 e. The smallest absolute Gasteiger partial charge is 0.178 e. The molecular weight excluding hydrogens is 236 g/mol. The quantitative estimate of drug-likeness (QED) is 0.800. The van der Waals surface area contributed by atoms with Crippen LogP contribution in [0, 0.1) is 5.92 Å². The van der Waals surface area contributed by atoms with Crippen LogP contribution >= 0.6 is 11.3 Å². The fraction of sp³-hybridized carbons (Fsp3) is 0.583. The minimum absolute atomic E-state index is 0.207. The van der Waals surface area contributed by atoms with Crippen molar-refractivity contribution in [3.8, 4) is 0 Å². The highest BCUT2D eigenvalue weighted by molar-refractivity contribution is 7.18. The molecule has 1 aromatic rings. The normalized spacial score (nSPS) is 24.3. The van der Waals surface area contributed by atoms with Crippen LogP contribution in [-0.4, -0.2) is 30.1 Å². The number of thiophene rings is 1. The van der Waals surface area contributed by atoms with Gasteiger partial charge in [-0.1, -0.05) is 0 Å². The van der Waals surface area contributed by atoms with Crippen LogP contribution in [0.2, 0.25) is 0 Å². The summed E-state index contributed by atoms with van der Waals surface area (Å²) in [6, 6.07) is 1.87. The topological polar surface area (TPSA) is 66.6 Å². The Morgan fingerprint density at radius 2 is 2.24 bits per heavy atom. The molecule has 2 fully saturated rings. The highest BCUT2D eigenvalue weighted by atomic mass is 32.1. The molecule has 1 unspecified atom stereocenters. The summed E-state index contributed by atoms with van der Waals surface area (Å²) in [5.74, 6) is 0.423. The van der Waals surface area contributed by atoms with Gasteiger partial charge in [0.05, 0.1) is 21.7 Å². The molecule has 0 aromatic carbocycles. The van der Waals surface area contributed by atoms with Crippen molar-refractivity contribution in [3.63, 3.8) is 0 Å². The highest BCUT2D eigenvalue weighted by Crippen LogP contribution is 2.40. The van der Waals surface area contributed by atoms with Crippen LogP contribution in [0.25, 0.3) is 0 Å². The first-order valence-corrected chi connectivity index (χ1v) is 6.83. The Morgan fingerprint density at radius 1 is 1.47 bits per heavy atom. The second kappa shape index (κ2) is 3.99. The van der Waals surface area contributed by atoms with E-state index < -0.39 is 0 Å². The van der Waals surface area contributed by atoms with Gasteiger partial charge in [0, 0.05) is 19.0 Å². The predicted molar refractivity (Wildman–Crippen MR) is 68.6 cm³/mol. The number of hydrogen-bond donors (Lipinski definition) is 2. The molecule has 92 valence electrons. The number of aliphatic hydroxyl groups is 1. The lowest BCUT2D eigenvalue weighted by Gasteiger charge is -2.14. The third-order valence-corrected chi connectivity index (χ3v) is 4.62. The standard InChI is InChI=1S/C12H16N2O2S/c13-9-5-10(14-4-3-8(15)6-14)17-12(9)11(16)7-1-2-7/h5,7-8,15H,1-4,6,13H2. The van der Waals surface area contributed by atoms with Gasteiger partial charge in [-0.3, -0.25) is 4.79 Å². The summed E-state index contributed by atoms with van der Waals surface area (Å²) < 4.78 is 0. The van der Waals surface area contributed by atoms with Gasteiger partial charge in [0.2, 0.25) is 0 Å². The number of Topliss-reactive ketones (excluding diaryl/α,β-unsaturated/α-hetero) is 1. The number of nitrogen functional groups attached to an aromatic ring is 1. The van der Waals surface area contributed by atoms with Crippen molar-refractivity contribution in [2.45, 2.75) is 25.4 Å². The van der Waals surface area contributed by atoms with E-state index in [1.54, 1.807) is 0 Å².